The van der Waals surface area contributed by atoms with E-state index in [1.54, 1.807) is 18.2 Å². The number of nitrogens with zero attached hydrogens (tertiary/aromatic N) is 2. The van der Waals surface area contributed by atoms with Gasteiger partial charge in [0.05, 0.1) is 4.90 Å². The molecule has 1 aromatic heterocycles. The average molecular weight is 333 g/mol. The summed E-state index contributed by atoms with van der Waals surface area (Å²) in [5.41, 5.74) is 2.55. The number of aromatic nitrogens is 1. The van der Waals surface area contributed by atoms with Gasteiger partial charge in [0, 0.05) is 37.7 Å². The first-order valence-corrected chi connectivity index (χ1v) is 8.42. The monoisotopic (exact) mass is 333 g/mol. The summed E-state index contributed by atoms with van der Waals surface area (Å²) in [5, 5.41) is 2.77. The maximum atomic E-state index is 12.3. The van der Waals surface area contributed by atoms with E-state index in [4.69, 9.17) is 0 Å². The number of amides is 1. The van der Waals surface area contributed by atoms with Crippen molar-refractivity contribution in [2.75, 3.05) is 19.4 Å². The molecule has 122 valence electrons. The summed E-state index contributed by atoms with van der Waals surface area (Å²) in [6, 6.07) is 6.28. The summed E-state index contributed by atoms with van der Waals surface area (Å²) in [6.45, 7) is 3.65. The third kappa shape index (κ3) is 3.57. The molecule has 0 radical (unpaired) electrons. The SMILES string of the molecule is Cc1cc(S(=O)(=O)N(C)C)cc(NC(=O)c2ccncc2)c1C. The first-order valence-electron chi connectivity index (χ1n) is 6.98. The Balaban J connectivity index is 2.43. The lowest BCUT2D eigenvalue weighted by Gasteiger charge is -2.16. The lowest BCUT2D eigenvalue weighted by atomic mass is 10.1. The van der Waals surface area contributed by atoms with Crippen LogP contribution in [0.4, 0.5) is 5.69 Å². The van der Waals surface area contributed by atoms with Crippen molar-refractivity contribution in [3.8, 4) is 0 Å². The van der Waals surface area contributed by atoms with E-state index < -0.39 is 10.0 Å². The summed E-state index contributed by atoms with van der Waals surface area (Å²) >= 11 is 0. The lowest BCUT2D eigenvalue weighted by molar-refractivity contribution is 0.102. The third-order valence-corrected chi connectivity index (χ3v) is 5.40. The number of hydrogen-bond donors (Lipinski definition) is 1. The van der Waals surface area contributed by atoms with E-state index in [0.717, 1.165) is 15.4 Å². The van der Waals surface area contributed by atoms with Crippen LogP contribution in [0.2, 0.25) is 0 Å². The van der Waals surface area contributed by atoms with Gasteiger partial charge in [-0.25, -0.2) is 12.7 Å². The topological polar surface area (TPSA) is 79.4 Å². The Morgan fingerprint density at radius 1 is 1.13 bits per heavy atom. The normalized spacial score (nSPS) is 11.5. The molecule has 0 fully saturated rings. The van der Waals surface area contributed by atoms with Gasteiger partial charge in [-0.15, -0.1) is 0 Å². The molecular weight excluding hydrogens is 314 g/mol. The smallest absolute Gasteiger partial charge is 0.255 e. The highest BCUT2D eigenvalue weighted by molar-refractivity contribution is 7.89. The molecule has 0 aliphatic rings. The number of aryl methyl sites for hydroxylation is 1. The fourth-order valence-corrected chi connectivity index (χ4v) is 3.03. The highest BCUT2D eigenvalue weighted by Gasteiger charge is 2.20. The van der Waals surface area contributed by atoms with Gasteiger partial charge in [-0.1, -0.05) is 0 Å². The molecular formula is C16H19N3O3S. The first-order chi connectivity index (χ1) is 10.7. The molecule has 0 unspecified atom stereocenters. The summed E-state index contributed by atoms with van der Waals surface area (Å²) < 4.78 is 25.8. The van der Waals surface area contributed by atoms with E-state index in [-0.39, 0.29) is 10.8 Å². The van der Waals surface area contributed by atoms with Crippen LogP contribution in [0.1, 0.15) is 21.5 Å². The molecule has 0 saturated heterocycles. The van der Waals surface area contributed by atoms with Gasteiger partial charge >= 0.3 is 0 Å². The van der Waals surface area contributed by atoms with Crippen molar-refractivity contribution in [2.24, 2.45) is 0 Å². The molecule has 1 aromatic carbocycles. The maximum absolute atomic E-state index is 12.3. The zero-order valence-electron chi connectivity index (χ0n) is 13.5. The van der Waals surface area contributed by atoms with E-state index >= 15 is 0 Å². The van der Waals surface area contributed by atoms with Gasteiger partial charge in [-0.05, 0) is 49.2 Å². The Morgan fingerprint density at radius 3 is 2.30 bits per heavy atom. The van der Waals surface area contributed by atoms with E-state index in [2.05, 4.69) is 10.3 Å². The molecule has 0 saturated carbocycles. The standard InChI is InChI=1S/C16H19N3O3S/c1-11-9-14(23(21,22)19(3)4)10-15(12(11)2)18-16(20)13-5-7-17-8-6-13/h5-10H,1-4H3,(H,18,20). The molecule has 23 heavy (non-hydrogen) atoms. The van der Waals surface area contributed by atoms with Gasteiger partial charge in [-0.2, -0.15) is 0 Å². The Hall–Kier alpha value is -2.25. The van der Waals surface area contributed by atoms with Crippen LogP contribution in [-0.2, 0) is 10.0 Å². The van der Waals surface area contributed by atoms with Crippen LogP contribution in [0.3, 0.4) is 0 Å². The molecule has 0 atom stereocenters. The summed E-state index contributed by atoms with van der Waals surface area (Å²) in [6.07, 6.45) is 3.06. The number of pyridine rings is 1. The predicted molar refractivity (Wildman–Crippen MR) is 89.0 cm³/mol. The highest BCUT2D eigenvalue weighted by Crippen LogP contribution is 2.26. The Labute approximate surface area is 136 Å². The van der Waals surface area contributed by atoms with Crippen molar-refractivity contribution in [1.82, 2.24) is 9.29 Å². The number of benzene rings is 1. The van der Waals surface area contributed by atoms with Gasteiger partial charge in [0.25, 0.3) is 5.91 Å². The number of carbonyl (C=O) groups excluding carboxylic acids is 1. The second-order valence-corrected chi connectivity index (χ2v) is 7.54. The summed E-state index contributed by atoms with van der Waals surface area (Å²) in [4.78, 5) is 16.3. The number of nitrogens with one attached hydrogen (secondary N) is 1. The van der Waals surface area contributed by atoms with Crippen molar-refractivity contribution in [3.05, 3.63) is 53.3 Å². The quantitative estimate of drug-likeness (QED) is 0.930. The predicted octanol–water partition coefficient (Wildman–Crippen LogP) is 2.20. The second-order valence-electron chi connectivity index (χ2n) is 5.39. The molecule has 0 bridgehead atoms. The van der Waals surface area contributed by atoms with Gasteiger partial charge < -0.3 is 5.32 Å². The molecule has 1 N–H and O–H groups in total. The number of anilines is 1. The van der Waals surface area contributed by atoms with Crippen LogP contribution in [0.25, 0.3) is 0 Å². The molecule has 6 nitrogen and oxygen atoms in total. The Kier molecular flexibility index (Phi) is 4.82. The van der Waals surface area contributed by atoms with E-state index in [1.165, 1.54) is 32.6 Å². The fraction of sp³-hybridized carbons (Fsp3) is 0.250. The van der Waals surface area contributed by atoms with Crippen molar-refractivity contribution in [1.29, 1.82) is 0 Å². The van der Waals surface area contributed by atoms with E-state index in [1.807, 2.05) is 13.8 Å². The zero-order chi connectivity index (χ0) is 17.2. The number of carbonyl (C=O) groups is 1. The van der Waals surface area contributed by atoms with Gasteiger partial charge in [-0.3, -0.25) is 9.78 Å². The minimum Gasteiger partial charge on any atom is -0.322 e. The van der Waals surface area contributed by atoms with E-state index in [9.17, 15) is 13.2 Å². The van der Waals surface area contributed by atoms with Crippen molar-refractivity contribution in [2.45, 2.75) is 18.7 Å². The third-order valence-electron chi connectivity index (χ3n) is 3.61. The van der Waals surface area contributed by atoms with Crippen LogP contribution < -0.4 is 5.32 Å². The summed E-state index contributed by atoms with van der Waals surface area (Å²) in [5.74, 6) is -0.311. The minimum absolute atomic E-state index is 0.149. The molecule has 0 spiro atoms. The molecule has 0 aliphatic carbocycles. The summed E-state index contributed by atoms with van der Waals surface area (Å²) in [7, 11) is -0.623. The van der Waals surface area contributed by atoms with Crippen LogP contribution in [0.5, 0.6) is 0 Å². The molecule has 0 aliphatic heterocycles. The van der Waals surface area contributed by atoms with Gasteiger partial charge in [0.1, 0.15) is 0 Å². The van der Waals surface area contributed by atoms with E-state index in [0.29, 0.717) is 11.3 Å². The fourth-order valence-electron chi connectivity index (χ4n) is 2.01. The van der Waals surface area contributed by atoms with Crippen molar-refractivity contribution >= 4 is 21.6 Å². The number of rotatable bonds is 4. The van der Waals surface area contributed by atoms with Crippen LogP contribution >= 0.6 is 0 Å². The average Bonchev–Trinajstić information content (AvgIpc) is 2.52. The van der Waals surface area contributed by atoms with Crippen LogP contribution in [0, 0.1) is 13.8 Å². The lowest BCUT2D eigenvalue weighted by Crippen LogP contribution is -2.23. The van der Waals surface area contributed by atoms with Crippen LogP contribution in [-0.4, -0.2) is 37.7 Å². The Morgan fingerprint density at radius 2 is 1.74 bits per heavy atom. The molecule has 2 aromatic rings. The van der Waals surface area contributed by atoms with Crippen molar-refractivity contribution in [3.63, 3.8) is 0 Å². The number of sulfonamides is 1. The number of hydrogen-bond acceptors (Lipinski definition) is 4. The van der Waals surface area contributed by atoms with Crippen LogP contribution in [0.15, 0.2) is 41.6 Å². The molecule has 1 heterocycles. The maximum Gasteiger partial charge on any atom is 0.255 e. The van der Waals surface area contributed by atoms with Gasteiger partial charge in [0.2, 0.25) is 10.0 Å². The first kappa shape index (κ1) is 17.1. The van der Waals surface area contributed by atoms with Gasteiger partial charge in [0.15, 0.2) is 0 Å². The zero-order valence-corrected chi connectivity index (χ0v) is 14.3. The highest BCUT2D eigenvalue weighted by atomic mass is 32.2. The van der Waals surface area contributed by atoms with Crippen molar-refractivity contribution < 1.29 is 13.2 Å². The molecule has 7 heteroatoms. The Bertz CT molecular complexity index is 831. The minimum atomic E-state index is -3.57. The second kappa shape index (κ2) is 6.47. The largest absolute Gasteiger partial charge is 0.322 e. The molecule has 2 rings (SSSR count). The molecule has 1 amide bonds.